The highest BCUT2D eigenvalue weighted by Gasteiger charge is 2.45. The minimum absolute atomic E-state index is 0.000928. The molecule has 0 aliphatic heterocycles. The van der Waals surface area contributed by atoms with Gasteiger partial charge < -0.3 is 10.4 Å². The lowest BCUT2D eigenvalue weighted by atomic mass is 9.83. The van der Waals surface area contributed by atoms with Gasteiger partial charge in [0.2, 0.25) is 0 Å². The number of hydrogen-bond donors (Lipinski definition) is 2. The van der Waals surface area contributed by atoms with E-state index in [1.807, 2.05) is 0 Å². The molecule has 1 aliphatic rings. The van der Waals surface area contributed by atoms with E-state index in [1.54, 1.807) is 12.1 Å². The highest BCUT2D eigenvalue weighted by atomic mass is 19.4. The zero-order valence-electron chi connectivity index (χ0n) is 10.8. The van der Waals surface area contributed by atoms with Crippen molar-refractivity contribution in [1.82, 2.24) is 0 Å². The van der Waals surface area contributed by atoms with Gasteiger partial charge in [0.05, 0.1) is 11.5 Å². The normalized spacial score (nSPS) is 23.4. The standard InChI is InChI=1S/C14H16F3NO2/c15-14(16,17)10-6-2-4-8-12(10)18-11-7-3-1-5-9(11)13(19)20/h1,3,5,7,10,12,18H,2,4,6,8H2,(H,19,20). The molecule has 0 heterocycles. The topological polar surface area (TPSA) is 49.3 Å². The van der Waals surface area contributed by atoms with Gasteiger partial charge in [-0.25, -0.2) is 4.79 Å². The van der Waals surface area contributed by atoms with Crippen molar-refractivity contribution in [3.8, 4) is 0 Å². The highest BCUT2D eigenvalue weighted by Crippen LogP contribution is 2.39. The van der Waals surface area contributed by atoms with E-state index >= 15 is 0 Å². The lowest BCUT2D eigenvalue weighted by Crippen LogP contribution is -2.41. The van der Waals surface area contributed by atoms with E-state index in [2.05, 4.69) is 5.32 Å². The summed E-state index contributed by atoms with van der Waals surface area (Å²) in [5.41, 5.74) is 0.250. The lowest BCUT2D eigenvalue weighted by Gasteiger charge is -2.34. The number of carboxylic acid groups (broad SMARTS) is 1. The maximum Gasteiger partial charge on any atom is 0.393 e. The Hall–Kier alpha value is -1.72. The van der Waals surface area contributed by atoms with Crippen LogP contribution < -0.4 is 5.32 Å². The van der Waals surface area contributed by atoms with Crippen LogP contribution in [0.1, 0.15) is 36.0 Å². The average molecular weight is 287 g/mol. The molecule has 2 atom stereocenters. The Bertz CT molecular complexity index is 488. The van der Waals surface area contributed by atoms with Crippen molar-refractivity contribution in [2.75, 3.05) is 5.32 Å². The predicted molar refractivity (Wildman–Crippen MR) is 68.8 cm³/mol. The third-order valence-electron chi connectivity index (χ3n) is 3.68. The molecule has 2 N–H and O–H groups in total. The maximum absolute atomic E-state index is 13.0. The van der Waals surface area contributed by atoms with Crippen LogP contribution in [0.25, 0.3) is 0 Å². The molecule has 0 saturated heterocycles. The minimum Gasteiger partial charge on any atom is -0.478 e. The molecule has 1 fully saturated rings. The molecule has 0 bridgehead atoms. The van der Waals surface area contributed by atoms with Crippen LogP contribution in [0.3, 0.4) is 0 Å². The molecule has 0 spiro atoms. The maximum atomic E-state index is 13.0. The summed E-state index contributed by atoms with van der Waals surface area (Å²) in [4.78, 5) is 11.1. The summed E-state index contributed by atoms with van der Waals surface area (Å²) >= 11 is 0. The third-order valence-corrected chi connectivity index (χ3v) is 3.68. The van der Waals surface area contributed by atoms with Crippen molar-refractivity contribution >= 4 is 11.7 Å². The van der Waals surface area contributed by atoms with E-state index in [0.29, 0.717) is 12.8 Å². The number of carboxylic acids is 1. The number of para-hydroxylation sites is 1. The number of hydrogen-bond acceptors (Lipinski definition) is 2. The van der Waals surface area contributed by atoms with Gasteiger partial charge in [0, 0.05) is 11.7 Å². The predicted octanol–water partition coefficient (Wildman–Crippen LogP) is 3.92. The van der Waals surface area contributed by atoms with E-state index in [-0.39, 0.29) is 17.7 Å². The van der Waals surface area contributed by atoms with Crippen molar-refractivity contribution in [1.29, 1.82) is 0 Å². The summed E-state index contributed by atoms with van der Waals surface area (Å²) in [5, 5.41) is 11.8. The Kier molecular flexibility index (Phi) is 4.20. The first-order chi connectivity index (χ1) is 9.39. The number of halogens is 3. The molecule has 110 valence electrons. The SMILES string of the molecule is O=C(O)c1ccccc1NC1CCCCC1C(F)(F)F. The molecular weight excluding hydrogens is 271 g/mol. The van der Waals surface area contributed by atoms with E-state index in [4.69, 9.17) is 5.11 Å². The van der Waals surface area contributed by atoms with Crippen LogP contribution >= 0.6 is 0 Å². The third kappa shape index (κ3) is 3.23. The molecule has 1 aromatic rings. The molecular formula is C14H16F3NO2. The van der Waals surface area contributed by atoms with Gasteiger partial charge in [0.15, 0.2) is 0 Å². The Morgan fingerprint density at radius 3 is 2.50 bits per heavy atom. The molecule has 20 heavy (non-hydrogen) atoms. The molecule has 0 amide bonds. The fourth-order valence-electron chi connectivity index (χ4n) is 2.69. The van der Waals surface area contributed by atoms with Gasteiger partial charge in [-0.3, -0.25) is 0 Å². The smallest absolute Gasteiger partial charge is 0.393 e. The first kappa shape index (κ1) is 14.7. The zero-order valence-corrected chi connectivity index (χ0v) is 10.8. The molecule has 2 rings (SSSR count). The van der Waals surface area contributed by atoms with E-state index in [9.17, 15) is 18.0 Å². The summed E-state index contributed by atoms with van der Waals surface area (Å²) in [6.45, 7) is 0. The van der Waals surface area contributed by atoms with E-state index in [1.165, 1.54) is 12.1 Å². The summed E-state index contributed by atoms with van der Waals surface area (Å²) < 4.78 is 39.0. The lowest BCUT2D eigenvalue weighted by molar-refractivity contribution is -0.184. The van der Waals surface area contributed by atoms with Gasteiger partial charge in [-0.15, -0.1) is 0 Å². The number of nitrogens with one attached hydrogen (secondary N) is 1. The summed E-state index contributed by atoms with van der Waals surface area (Å²) in [6.07, 6.45) is -2.48. The van der Waals surface area contributed by atoms with E-state index < -0.39 is 24.1 Å². The van der Waals surface area contributed by atoms with Crippen LogP contribution in [0.2, 0.25) is 0 Å². The second-order valence-electron chi connectivity index (χ2n) is 5.03. The van der Waals surface area contributed by atoms with Crippen LogP contribution in [-0.4, -0.2) is 23.3 Å². The molecule has 1 aromatic carbocycles. The second kappa shape index (κ2) is 5.73. The summed E-state index contributed by atoms with van der Waals surface area (Å²) in [5.74, 6) is -2.56. The highest BCUT2D eigenvalue weighted by molar-refractivity contribution is 5.94. The Labute approximate surface area is 114 Å². The van der Waals surface area contributed by atoms with Gasteiger partial charge in [-0.1, -0.05) is 25.0 Å². The van der Waals surface area contributed by atoms with Crippen molar-refractivity contribution in [2.45, 2.75) is 37.9 Å². The van der Waals surface area contributed by atoms with Crippen LogP contribution in [0.4, 0.5) is 18.9 Å². The second-order valence-corrected chi connectivity index (χ2v) is 5.03. The molecule has 2 unspecified atom stereocenters. The number of alkyl halides is 3. The van der Waals surface area contributed by atoms with Crippen LogP contribution in [0.15, 0.2) is 24.3 Å². The largest absolute Gasteiger partial charge is 0.478 e. The van der Waals surface area contributed by atoms with Crippen molar-refractivity contribution in [3.63, 3.8) is 0 Å². The van der Waals surface area contributed by atoms with Crippen molar-refractivity contribution < 1.29 is 23.1 Å². The van der Waals surface area contributed by atoms with Crippen molar-refractivity contribution in [3.05, 3.63) is 29.8 Å². The molecule has 3 nitrogen and oxygen atoms in total. The number of anilines is 1. The quantitative estimate of drug-likeness (QED) is 0.886. The van der Waals surface area contributed by atoms with Gasteiger partial charge in [-0.05, 0) is 25.0 Å². The van der Waals surface area contributed by atoms with Crippen LogP contribution in [0.5, 0.6) is 0 Å². The van der Waals surface area contributed by atoms with E-state index in [0.717, 1.165) is 6.42 Å². The zero-order chi connectivity index (χ0) is 14.8. The minimum atomic E-state index is -4.25. The molecule has 0 aromatic heterocycles. The summed E-state index contributed by atoms with van der Waals surface area (Å²) in [7, 11) is 0. The number of rotatable bonds is 3. The Morgan fingerprint density at radius 2 is 1.85 bits per heavy atom. The van der Waals surface area contributed by atoms with Gasteiger partial charge in [0.1, 0.15) is 0 Å². The Morgan fingerprint density at radius 1 is 1.20 bits per heavy atom. The average Bonchev–Trinajstić information content (AvgIpc) is 2.38. The van der Waals surface area contributed by atoms with Crippen molar-refractivity contribution in [2.24, 2.45) is 5.92 Å². The summed E-state index contributed by atoms with van der Waals surface area (Å²) in [6, 6.07) is 5.29. The molecule has 6 heteroatoms. The fraction of sp³-hybridized carbons (Fsp3) is 0.500. The fourth-order valence-corrected chi connectivity index (χ4v) is 2.69. The molecule has 1 saturated carbocycles. The molecule has 1 aliphatic carbocycles. The number of carbonyl (C=O) groups is 1. The van der Waals surface area contributed by atoms with Gasteiger partial charge >= 0.3 is 12.1 Å². The first-order valence-electron chi connectivity index (χ1n) is 6.55. The number of aromatic carboxylic acids is 1. The first-order valence-corrected chi connectivity index (χ1v) is 6.55. The number of benzene rings is 1. The monoisotopic (exact) mass is 287 g/mol. The van der Waals surface area contributed by atoms with Crippen LogP contribution in [-0.2, 0) is 0 Å². The van der Waals surface area contributed by atoms with Gasteiger partial charge in [-0.2, -0.15) is 13.2 Å². The van der Waals surface area contributed by atoms with Crippen LogP contribution in [0, 0.1) is 5.92 Å². The molecule has 0 radical (unpaired) electrons. The Balaban J connectivity index is 2.21. The van der Waals surface area contributed by atoms with Gasteiger partial charge in [0.25, 0.3) is 0 Å².